The summed E-state index contributed by atoms with van der Waals surface area (Å²) in [6.07, 6.45) is 0. The monoisotopic (exact) mass is 349 g/mol. The molecule has 0 amide bonds. The lowest BCUT2D eigenvalue weighted by molar-refractivity contribution is -0.384. The summed E-state index contributed by atoms with van der Waals surface area (Å²) in [4.78, 5) is 18.0. The molecule has 2 heterocycles. The summed E-state index contributed by atoms with van der Waals surface area (Å²) in [5, 5.41) is 18.1. The van der Waals surface area contributed by atoms with Crippen molar-refractivity contribution < 1.29 is 9.45 Å². The second-order valence-corrected chi connectivity index (χ2v) is 7.12. The highest BCUT2D eigenvalue weighted by Crippen LogP contribution is 2.35. The van der Waals surface area contributed by atoms with Crippen LogP contribution in [0.4, 0.5) is 5.69 Å². The van der Waals surface area contributed by atoms with Crippen molar-refractivity contribution in [3.63, 3.8) is 0 Å². The minimum atomic E-state index is -0.406. The fourth-order valence-electron chi connectivity index (χ4n) is 2.54. The maximum Gasteiger partial charge on any atom is 0.269 e. The molecule has 0 bridgehead atoms. The Labute approximate surface area is 143 Å². The third kappa shape index (κ3) is 3.74. The number of rotatable bonds is 5. The van der Waals surface area contributed by atoms with E-state index in [1.54, 1.807) is 12.1 Å². The number of hydrogen-bond acceptors (Lipinski definition) is 8. The molecule has 2 aromatic rings. The van der Waals surface area contributed by atoms with Gasteiger partial charge in [0.15, 0.2) is 5.82 Å². The molecular formula is C15H19N5O3S. The molecule has 1 saturated heterocycles. The van der Waals surface area contributed by atoms with Crippen LogP contribution in [0.25, 0.3) is 0 Å². The summed E-state index contributed by atoms with van der Waals surface area (Å²) in [5.41, 5.74) is 0.0833. The van der Waals surface area contributed by atoms with Crippen LogP contribution in [0, 0.1) is 10.1 Å². The van der Waals surface area contributed by atoms with Crippen LogP contribution in [0.15, 0.2) is 33.7 Å². The van der Waals surface area contributed by atoms with Crippen molar-refractivity contribution in [3.8, 4) is 0 Å². The first kappa shape index (κ1) is 16.9. The molecule has 128 valence electrons. The number of nitrogens with one attached hydrogen (secondary N) is 1. The van der Waals surface area contributed by atoms with Crippen LogP contribution in [0.3, 0.4) is 0 Å². The zero-order valence-corrected chi connectivity index (χ0v) is 14.3. The van der Waals surface area contributed by atoms with Crippen molar-refractivity contribution in [2.24, 2.45) is 0 Å². The third-order valence-corrected chi connectivity index (χ3v) is 5.07. The quantitative estimate of drug-likeness (QED) is 0.499. The molecule has 0 aliphatic carbocycles. The Kier molecular flexibility index (Phi) is 5.12. The number of nitro benzene ring substituents is 1. The minimum absolute atomic E-state index is 0.0328. The summed E-state index contributed by atoms with van der Waals surface area (Å²) in [6.45, 7) is 4.69. The molecule has 2 unspecified atom stereocenters. The smallest absolute Gasteiger partial charge is 0.269 e. The van der Waals surface area contributed by atoms with Gasteiger partial charge in [-0.2, -0.15) is 4.98 Å². The first-order chi connectivity index (χ1) is 11.5. The highest BCUT2D eigenvalue weighted by molar-refractivity contribution is 7.99. The topological polar surface area (TPSA) is 97.3 Å². The molecule has 1 fully saturated rings. The summed E-state index contributed by atoms with van der Waals surface area (Å²) in [6, 6.07) is 6.58. The van der Waals surface area contributed by atoms with Gasteiger partial charge < -0.3 is 9.84 Å². The Balaban J connectivity index is 1.67. The molecule has 9 heteroatoms. The maximum atomic E-state index is 10.7. The van der Waals surface area contributed by atoms with E-state index in [0.29, 0.717) is 11.7 Å². The highest BCUT2D eigenvalue weighted by atomic mass is 32.2. The number of aromatic nitrogens is 2. The Morgan fingerprint density at radius 3 is 2.88 bits per heavy atom. The lowest BCUT2D eigenvalue weighted by atomic mass is 10.2. The van der Waals surface area contributed by atoms with E-state index in [4.69, 9.17) is 4.52 Å². The van der Waals surface area contributed by atoms with E-state index in [9.17, 15) is 10.1 Å². The molecular weight excluding hydrogens is 330 g/mol. The largest absolute Gasteiger partial charge is 0.338 e. The lowest BCUT2D eigenvalue weighted by Crippen LogP contribution is -2.44. The Morgan fingerprint density at radius 1 is 1.46 bits per heavy atom. The Morgan fingerprint density at radius 2 is 2.21 bits per heavy atom. The lowest BCUT2D eigenvalue weighted by Gasteiger charge is -2.30. The average molecular weight is 349 g/mol. The van der Waals surface area contributed by atoms with Gasteiger partial charge in [0.05, 0.1) is 16.2 Å². The molecule has 0 saturated carbocycles. The fraction of sp³-hybridized carbons (Fsp3) is 0.467. The summed E-state index contributed by atoms with van der Waals surface area (Å²) in [5.74, 6) is 1.25. The number of nitrogens with zero attached hydrogens (tertiary/aromatic N) is 4. The first-order valence-corrected chi connectivity index (χ1v) is 8.58. The predicted molar refractivity (Wildman–Crippen MR) is 89.9 cm³/mol. The first-order valence-electron chi connectivity index (χ1n) is 7.70. The molecule has 1 N–H and O–H groups in total. The van der Waals surface area contributed by atoms with Gasteiger partial charge in [0, 0.05) is 36.7 Å². The van der Waals surface area contributed by atoms with Gasteiger partial charge >= 0.3 is 0 Å². The van der Waals surface area contributed by atoms with Crippen molar-refractivity contribution >= 4 is 17.4 Å². The SMILES string of the molecule is CC(Sc1ccc([N+](=O)[O-])cc1)c1nc(C2CNCCN2C)no1. The minimum Gasteiger partial charge on any atom is -0.338 e. The fourth-order valence-corrected chi connectivity index (χ4v) is 3.44. The molecule has 3 rings (SSSR count). The van der Waals surface area contributed by atoms with Gasteiger partial charge in [0.25, 0.3) is 5.69 Å². The summed E-state index contributed by atoms with van der Waals surface area (Å²) >= 11 is 1.53. The number of thioether (sulfide) groups is 1. The van der Waals surface area contributed by atoms with Crippen molar-refractivity contribution in [1.82, 2.24) is 20.4 Å². The molecule has 1 aliphatic rings. The van der Waals surface area contributed by atoms with Crippen LogP contribution < -0.4 is 5.32 Å². The zero-order chi connectivity index (χ0) is 17.1. The van der Waals surface area contributed by atoms with Gasteiger partial charge in [-0.25, -0.2) is 0 Å². The second-order valence-electron chi connectivity index (χ2n) is 5.70. The average Bonchev–Trinajstić information content (AvgIpc) is 3.05. The van der Waals surface area contributed by atoms with E-state index >= 15 is 0 Å². The van der Waals surface area contributed by atoms with E-state index < -0.39 is 4.92 Å². The van der Waals surface area contributed by atoms with Gasteiger partial charge in [0.1, 0.15) is 0 Å². The zero-order valence-electron chi connectivity index (χ0n) is 13.5. The van der Waals surface area contributed by atoms with Gasteiger partial charge in [-0.3, -0.25) is 15.0 Å². The second kappa shape index (κ2) is 7.29. The van der Waals surface area contributed by atoms with Gasteiger partial charge in [-0.15, -0.1) is 11.8 Å². The Hall–Kier alpha value is -1.97. The molecule has 24 heavy (non-hydrogen) atoms. The molecule has 1 aromatic carbocycles. The van der Waals surface area contributed by atoms with Crippen molar-refractivity contribution in [2.75, 3.05) is 26.7 Å². The van der Waals surface area contributed by atoms with E-state index in [-0.39, 0.29) is 17.0 Å². The van der Waals surface area contributed by atoms with Crippen LogP contribution in [0.2, 0.25) is 0 Å². The van der Waals surface area contributed by atoms with Crippen molar-refractivity contribution in [1.29, 1.82) is 0 Å². The number of non-ortho nitro benzene ring substituents is 1. The van der Waals surface area contributed by atoms with Gasteiger partial charge in [-0.05, 0) is 26.1 Å². The van der Waals surface area contributed by atoms with Crippen molar-refractivity contribution in [2.45, 2.75) is 23.1 Å². The Bertz CT molecular complexity index is 705. The van der Waals surface area contributed by atoms with Crippen LogP contribution in [-0.4, -0.2) is 46.6 Å². The number of hydrogen-bond donors (Lipinski definition) is 1. The molecule has 0 spiro atoms. The third-order valence-electron chi connectivity index (χ3n) is 3.97. The number of likely N-dealkylation sites (N-methyl/N-ethyl adjacent to an activating group) is 1. The van der Waals surface area contributed by atoms with Crippen LogP contribution in [-0.2, 0) is 0 Å². The van der Waals surface area contributed by atoms with Gasteiger partial charge in [-0.1, -0.05) is 5.16 Å². The van der Waals surface area contributed by atoms with E-state index in [1.165, 1.54) is 23.9 Å². The number of nitro groups is 1. The predicted octanol–water partition coefficient (Wildman–Crippen LogP) is 2.41. The highest BCUT2D eigenvalue weighted by Gasteiger charge is 2.26. The van der Waals surface area contributed by atoms with E-state index in [2.05, 4.69) is 27.4 Å². The van der Waals surface area contributed by atoms with Crippen molar-refractivity contribution in [3.05, 3.63) is 46.1 Å². The van der Waals surface area contributed by atoms with Crippen LogP contribution >= 0.6 is 11.8 Å². The number of benzene rings is 1. The summed E-state index contributed by atoms with van der Waals surface area (Å²) in [7, 11) is 2.05. The van der Waals surface area contributed by atoms with E-state index in [1.807, 2.05) is 6.92 Å². The molecule has 2 atom stereocenters. The van der Waals surface area contributed by atoms with E-state index in [0.717, 1.165) is 24.5 Å². The number of piperazine rings is 1. The van der Waals surface area contributed by atoms with Gasteiger partial charge in [0.2, 0.25) is 5.89 Å². The van der Waals surface area contributed by atoms with Crippen LogP contribution in [0.1, 0.15) is 29.9 Å². The molecule has 0 radical (unpaired) electrons. The molecule has 8 nitrogen and oxygen atoms in total. The maximum absolute atomic E-state index is 10.7. The molecule has 1 aromatic heterocycles. The summed E-state index contributed by atoms with van der Waals surface area (Å²) < 4.78 is 5.42. The molecule has 1 aliphatic heterocycles. The van der Waals surface area contributed by atoms with Crippen LogP contribution in [0.5, 0.6) is 0 Å². The normalized spacial score (nSPS) is 20.0. The standard InChI is InChI=1S/C15H19N5O3S/c1-10(24-12-5-3-11(4-6-12)20(21)22)15-17-14(18-23-15)13-9-16-7-8-19(13)2/h3-6,10,13,16H,7-9H2,1-2H3.